The first kappa shape index (κ1) is 19.4. The van der Waals surface area contributed by atoms with Crippen LogP contribution in [0.5, 0.6) is 0 Å². The van der Waals surface area contributed by atoms with Gasteiger partial charge in [-0.1, -0.05) is 11.6 Å². The Bertz CT molecular complexity index is 982. The van der Waals surface area contributed by atoms with Crippen LogP contribution in [0.25, 0.3) is 0 Å². The van der Waals surface area contributed by atoms with E-state index in [2.05, 4.69) is 10.6 Å². The van der Waals surface area contributed by atoms with Crippen LogP contribution in [0.1, 0.15) is 0 Å². The Morgan fingerprint density at radius 1 is 1.07 bits per heavy atom. The molecule has 136 valence electrons. The zero-order valence-corrected chi connectivity index (χ0v) is 14.1. The number of carbonyl (C=O) groups excluding carboxylic acids is 1. The highest BCUT2D eigenvalue weighted by Gasteiger charge is 2.15. The summed E-state index contributed by atoms with van der Waals surface area (Å²) in [5, 5.41) is 35.5. The van der Waals surface area contributed by atoms with Crippen LogP contribution in [0.3, 0.4) is 0 Å². The molecule has 27 heavy (non-hydrogen) atoms. The molecule has 0 saturated carbocycles. The molecule has 0 aliphatic rings. The number of benzene rings is 2. The van der Waals surface area contributed by atoms with E-state index in [0.29, 0.717) is 5.69 Å². The molecule has 2 rings (SSSR count). The molecule has 2 aromatic rings. The van der Waals surface area contributed by atoms with Gasteiger partial charge in [0.05, 0.1) is 9.85 Å². The van der Waals surface area contributed by atoms with E-state index >= 15 is 0 Å². The largest absolute Gasteiger partial charge is 0.360 e. The summed E-state index contributed by atoms with van der Waals surface area (Å²) in [7, 11) is 0. The van der Waals surface area contributed by atoms with Crippen LogP contribution in [0.4, 0.5) is 22.7 Å². The van der Waals surface area contributed by atoms with Crippen LogP contribution in [-0.4, -0.2) is 15.8 Å². The van der Waals surface area contributed by atoms with Gasteiger partial charge in [-0.3, -0.25) is 25.0 Å². The number of rotatable bonds is 6. The average Bonchev–Trinajstić information content (AvgIpc) is 2.64. The first-order valence-electron chi connectivity index (χ1n) is 7.18. The number of halogens is 1. The second-order valence-electron chi connectivity index (χ2n) is 5.00. The van der Waals surface area contributed by atoms with Crippen molar-refractivity contribution in [2.45, 2.75) is 0 Å². The van der Waals surface area contributed by atoms with Crippen LogP contribution >= 0.6 is 11.6 Å². The number of non-ortho nitro benzene ring substituents is 1. The first-order valence-corrected chi connectivity index (χ1v) is 7.56. The molecule has 0 saturated heterocycles. The number of nitrogens with one attached hydrogen (secondary N) is 2. The number of hydrogen-bond acceptors (Lipinski definition) is 7. The van der Waals surface area contributed by atoms with Gasteiger partial charge >= 0.3 is 0 Å². The van der Waals surface area contributed by atoms with Crippen molar-refractivity contribution in [3.05, 3.63) is 79.5 Å². The van der Waals surface area contributed by atoms with Gasteiger partial charge in [-0.15, -0.1) is 0 Å². The van der Waals surface area contributed by atoms with Gasteiger partial charge in [-0.2, -0.15) is 5.26 Å². The number of amides is 1. The van der Waals surface area contributed by atoms with E-state index < -0.39 is 15.8 Å². The lowest BCUT2D eigenvalue weighted by molar-refractivity contribution is -0.384. The van der Waals surface area contributed by atoms with Gasteiger partial charge in [0.2, 0.25) is 0 Å². The van der Waals surface area contributed by atoms with Crippen LogP contribution in [0.15, 0.2) is 54.2 Å². The maximum absolute atomic E-state index is 12.1. The summed E-state index contributed by atoms with van der Waals surface area (Å²) in [6, 6.07) is 10.7. The van der Waals surface area contributed by atoms with Crippen molar-refractivity contribution in [3.8, 4) is 6.07 Å². The number of nitriles is 1. The molecular formula is C16H10ClN5O5. The van der Waals surface area contributed by atoms with Crippen molar-refractivity contribution in [2.75, 3.05) is 10.6 Å². The summed E-state index contributed by atoms with van der Waals surface area (Å²) in [5.74, 6) is -0.802. The van der Waals surface area contributed by atoms with Crippen LogP contribution in [0, 0.1) is 31.6 Å². The highest BCUT2D eigenvalue weighted by Crippen LogP contribution is 2.27. The zero-order valence-electron chi connectivity index (χ0n) is 13.4. The van der Waals surface area contributed by atoms with Gasteiger partial charge in [0.1, 0.15) is 16.7 Å². The second-order valence-corrected chi connectivity index (χ2v) is 5.40. The zero-order chi connectivity index (χ0) is 20.0. The molecule has 1 amide bonds. The minimum absolute atomic E-state index is 0.0890. The first-order chi connectivity index (χ1) is 12.8. The van der Waals surface area contributed by atoms with E-state index in [1.807, 2.05) is 0 Å². The predicted octanol–water partition coefficient (Wildman–Crippen LogP) is 3.61. The third kappa shape index (κ3) is 5.00. The monoisotopic (exact) mass is 387 g/mol. The summed E-state index contributed by atoms with van der Waals surface area (Å²) in [4.78, 5) is 32.4. The topological polar surface area (TPSA) is 151 Å². The van der Waals surface area contributed by atoms with Gasteiger partial charge in [0.15, 0.2) is 0 Å². The van der Waals surface area contributed by atoms with Gasteiger partial charge in [-0.05, 0) is 24.3 Å². The third-order valence-electron chi connectivity index (χ3n) is 3.23. The average molecular weight is 388 g/mol. The minimum Gasteiger partial charge on any atom is -0.360 e. The van der Waals surface area contributed by atoms with E-state index in [0.717, 1.165) is 12.3 Å². The molecule has 0 bridgehead atoms. The van der Waals surface area contributed by atoms with Crippen LogP contribution < -0.4 is 10.6 Å². The molecule has 0 unspecified atom stereocenters. The smallest absolute Gasteiger partial charge is 0.289 e. The molecule has 0 aliphatic heterocycles. The molecule has 2 aromatic carbocycles. The van der Waals surface area contributed by atoms with Crippen molar-refractivity contribution in [2.24, 2.45) is 0 Å². The number of nitrogens with zero attached hydrogens (tertiary/aromatic N) is 3. The lowest BCUT2D eigenvalue weighted by Crippen LogP contribution is -2.14. The van der Waals surface area contributed by atoms with E-state index in [1.54, 1.807) is 6.07 Å². The van der Waals surface area contributed by atoms with Crippen LogP contribution in [-0.2, 0) is 4.79 Å². The summed E-state index contributed by atoms with van der Waals surface area (Å²) >= 11 is 5.70. The minimum atomic E-state index is -0.802. The molecule has 2 N–H and O–H groups in total. The molecule has 0 aromatic heterocycles. The molecule has 0 fully saturated rings. The number of nitro benzene ring substituents is 2. The molecule has 0 aliphatic carbocycles. The molecule has 0 atom stereocenters. The van der Waals surface area contributed by atoms with Crippen molar-refractivity contribution < 1.29 is 14.6 Å². The predicted molar refractivity (Wildman–Crippen MR) is 97.2 cm³/mol. The second kappa shape index (κ2) is 8.41. The SMILES string of the molecule is N#C/C(=C/Nc1ccc([N+](=O)[O-])cc1)C(=O)Nc1ccc(Cl)c([N+](=O)[O-])c1. The fourth-order valence-corrected chi connectivity index (χ4v) is 2.10. The van der Waals surface area contributed by atoms with E-state index in [4.69, 9.17) is 16.9 Å². The van der Waals surface area contributed by atoms with Crippen LogP contribution in [0.2, 0.25) is 5.02 Å². The lowest BCUT2D eigenvalue weighted by atomic mass is 10.2. The maximum atomic E-state index is 12.1. The summed E-state index contributed by atoms with van der Waals surface area (Å²) in [5.41, 5.74) is -0.296. The van der Waals surface area contributed by atoms with Gasteiger partial charge < -0.3 is 10.6 Å². The number of carbonyl (C=O) groups is 1. The van der Waals surface area contributed by atoms with Gasteiger partial charge in [-0.25, -0.2) is 0 Å². The van der Waals surface area contributed by atoms with Crippen molar-refractivity contribution in [1.29, 1.82) is 5.26 Å². The van der Waals surface area contributed by atoms with E-state index in [1.165, 1.54) is 36.4 Å². The number of hydrogen-bond donors (Lipinski definition) is 2. The summed E-state index contributed by atoms with van der Waals surface area (Å²) < 4.78 is 0. The maximum Gasteiger partial charge on any atom is 0.289 e. The standard InChI is InChI=1S/C16H10ClN5O5/c17-14-6-3-12(7-15(14)22(26)27)20-16(23)10(8-18)9-19-11-1-4-13(5-2-11)21(24)25/h1-7,9,19H,(H,20,23)/b10-9-. The molecule has 0 heterocycles. The Morgan fingerprint density at radius 2 is 1.70 bits per heavy atom. The van der Waals surface area contributed by atoms with Gasteiger partial charge in [0, 0.05) is 35.8 Å². The Morgan fingerprint density at radius 3 is 2.26 bits per heavy atom. The fraction of sp³-hybridized carbons (Fsp3) is 0. The molecule has 0 radical (unpaired) electrons. The Hall–Kier alpha value is -3.97. The summed E-state index contributed by atoms with van der Waals surface area (Å²) in [6.07, 6.45) is 1.11. The molecular weight excluding hydrogens is 378 g/mol. The lowest BCUT2D eigenvalue weighted by Gasteiger charge is -2.06. The Kier molecular flexibility index (Phi) is 6.03. The quantitative estimate of drug-likeness (QED) is 0.332. The Labute approximate surface area is 157 Å². The highest BCUT2D eigenvalue weighted by atomic mass is 35.5. The number of nitro groups is 2. The molecule has 0 spiro atoms. The van der Waals surface area contributed by atoms with Crippen molar-refractivity contribution in [1.82, 2.24) is 0 Å². The van der Waals surface area contributed by atoms with Crippen molar-refractivity contribution in [3.63, 3.8) is 0 Å². The van der Waals surface area contributed by atoms with E-state index in [-0.39, 0.29) is 27.7 Å². The Balaban J connectivity index is 2.12. The number of anilines is 2. The third-order valence-corrected chi connectivity index (χ3v) is 3.55. The summed E-state index contributed by atoms with van der Waals surface area (Å²) in [6.45, 7) is 0. The highest BCUT2D eigenvalue weighted by molar-refractivity contribution is 6.32. The molecule has 11 heteroatoms. The van der Waals surface area contributed by atoms with E-state index in [9.17, 15) is 25.0 Å². The van der Waals surface area contributed by atoms with Gasteiger partial charge in [0.25, 0.3) is 17.3 Å². The molecule has 10 nitrogen and oxygen atoms in total. The van der Waals surface area contributed by atoms with Crippen molar-refractivity contribution >= 4 is 40.3 Å². The fourth-order valence-electron chi connectivity index (χ4n) is 1.91. The normalized spacial score (nSPS) is 10.6.